The molecule has 2 rings (SSSR count). The van der Waals surface area contributed by atoms with Crippen molar-refractivity contribution in [1.82, 2.24) is 10.2 Å². The molecule has 1 saturated carbocycles. The number of nitrogens with zero attached hydrogens (tertiary/aromatic N) is 1. The minimum absolute atomic E-state index is 0.0836. The topological polar surface area (TPSA) is 32.3 Å². The van der Waals surface area contributed by atoms with Crippen LogP contribution in [0.4, 0.5) is 8.78 Å². The molecular formula is C12H20F2N2O. The Labute approximate surface area is 101 Å². The van der Waals surface area contributed by atoms with E-state index in [1.54, 1.807) is 0 Å². The maximum atomic E-state index is 12.4. The predicted molar refractivity (Wildman–Crippen MR) is 60.9 cm³/mol. The van der Waals surface area contributed by atoms with Gasteiger partial charge in [-0.15, -0.1) is 0 Å². The summed E-state index contributed by atoms with van der Waals surface area (Å²) < 4.78 is 24.7. The van der Waals surface area contributed by atoms with Gasteiger partial charge < -0.3 is 10.2 Å². The van der Waals surface area contributed by atoms with Crippen LogP contribution in [-0.4, -0.2) is 42.9 Å². The van der Waals surface area contributed by atoms with Crippen molar-refractivity contribution in [3.8, 4) is 0 Å². The van der Waals surface area contributed by atoms with Gasteiger partial charge in [0.05, 0.1) is 6.54 Å². The van der Waals surface area contributed by atoms with E-state index in [9.17, 15) is 13.6 Å². The molecule has 17 heavy (non-hydrogen) atoms. The zero-order valence-electron chi connectivity index (χ0n) is 10.0. The molecule has 1 amide bonds. The normalized spacial score (nSPS) is 24.3. The van der Waals surface area contributed by atoms with E-state index >= 15 is 0 Å². The molecule has 98 valence electrons. The van der Waals surface area contributed by atoms with Gasteiger partial charge in [0.25, 0.3) is 6.43 Å². The van der Waals surface area contributed by atoms with Crippen molar-refractivity contribution < 1.29 is 13.6 Å². The summed E-state index contributed by atoms with van der Waals surface area (Å²) in [7, 11) is 0. The summed E-state index contributed by atoms with van der Waals surface area (Å²) in [6.45, 7) is 1.60. The Hall–Kier alpha value is -0.710. The summed E-state index contributed by atoms with van der Waals surface area (Å²) in [6, 6.07) is 0.0956. The zero-order valence-corrected chi connectivity index (χ0v) is 10.0. The first kappa shape index (κ1) is 12.7. The number of halogens is 2. The lowest BCUT2D eigenvalue weighted by molar-refractivity contribution is -0.134. The summed E-state index contributed by atoms with van der Waals surface area (Å²) >= 11 is 0. The monoisotopic (exact) mass is 246 g/mol. The van der Waals surface area contributed by atoms with Crippen LogP contribution in [0, 0.1) is 5.92 Å². The van der Waals surface area contributed by atoms with Gasteiger partial charge in [-0.2, -0.15) is 0 Å². The van der Waals surface area contributed by atoms with Gasteiger partial charge in [0.15, 0.2) is 0 Å². The van der Waals surface area contributed by atoms with Crippen LogP contribution in [0.15, 0.2) is 0 Å². The molecule has 0 aromatic carbocycles. The number of alkyl halides is 2. The molecule has 1 N–H and O–H groups in total. The molecule has 3 nitrogen and oxygen atoms in total. The van der Waals surface area contributed by atoms with E-state index in [-0.39, 0.29) is 18.5 Å². The van der Waals surface area contributed by atoms with Crippen molar-refractivity contribution in [1.29, 1.82) is 0 Å². The highest BCUT2D eigenvalue weighted by atomic mass is 19.3. The van der Waals surface area contributed by atoms with E-state index in [0.717, 1.165) is 38.8 Å². The van der Waals surface area contributed by atoms with Crippen LogP contribution >= 0.6 is 0 Å². The highest BCUT2D eigenvalue weighted by Crippen LogP contribution is 2.28. The first-order valence-electron chi connectivity index (χ1n) is 6.45. The van der Waals surface area contributed by atoms with Gasteiger partial charge in [-0.25, -0.2) is 8.78 Å². The number of carbonyl (C=O) groups is 1. The highest BCUT2D eigenvalue weighted by Gasteiger charge is 2.34. The second-order valence-electron chi connectivity index (χ2n) is 5.07. The molecule has 1 saturated heterocycles. The standard InChI is InChI=1S/C12H20F2N2O/c13-11(14)8-16(10-2-3-10)12(17)4-1-9-5-6-15-7-9/h9-11,15H,1-8H2. The van der Waals surface area contributed by atoms with Crippen molar-refractivity contribution in [2.45, 2.75) is 44.6 Å². The lowest BCUT2D eigenvalue weighted by Gasteiger charge is -2.22. The average molecular weight is 246 g/mol. The SMILES string of the molecule is O=C(CCC1CCNC1)N(CC(F)F)C1CC1. The van der Waals surface area contributed by atoms with Crippen LogP contribution in [0.5, 0.6) is 0 Å². The van der Waals surface area contributed by atoms with Gasteiger partial charge in [-0.1, -0.05) is 0 Å². The fourth-order valence-corrected chi connectivity index (χ4v) is 2.42. The van der Waals surface area contributed by atoms with Crippen molar-refractivity contribution >= 4 is 5.91 Å². The Bertz CT molecular complexity index is 263. The van der Waals surface area contributed by atoms with Crippen LogP contribution in [-0.2, 0) is 4.79 Å². The van der Waals surface area contributed by atoms with Crippen molar-refractivity contribution in [2.75, 3.05) is 19.6 Å². The van der Waals surface area contributed by atoms with Gasteiger partial charge in [-0.05, 0) is 44.7 Å². The fourth-order valence-electron chi connectivity index (χ4n) is 2.42. The second kappa shape index (κ2) is 5.76. The van der Waals surface area contributed by atoms with Gasteiger partial charge in [-0.3, -0.25) is 4.79 Å². The number of hydrogen-bond acceptors (Lipinski definition) is 2. The molecule has 1 aliphatic heterocycles. The molecule has 0 bridgehead atoms. The Kier molecular flexibility index (Phi) is 4.31. The molecule has 0 spiro atoms. The molecular weight excluding hydrogens is 226 g/mol. The van der Waals surface area contributed by atoms with Crippen LogP contribution < -0.4 is 5.32 Å². The Morgan fingerprint density at radius 3 is 2.65 bits per heavy atom. The van der Waals surface area contributed by atoms with Crippen LogP contribution in [0.1, 0.15) is 32.1 Å². The number of carbonyl (C=O) groups excluding carboxylic acids is 1. The highest BCUT2D eigenvalue weighted by molar-refractivity contribution is 5.76. The minimum Gasteiger partial charge on any atom is -0.334 e. The molecule has 0 aromatic rings. The number of hydrogen-bond donors (Lipinski definition) is 1. The average Bonchev–Trinajstić information content (AvgIpc) is 2.99. The summed E-state index contributed by atoms with van der Waals surface area (Å²) in [4.78, 5) is 13.3. The van der Waals surface area contributed by atoms with Gasteiger partial charge in [0, 0.05) is 12.5 Å². The Balaban J connectivity index is 1.75. The molecule has 1 atom stereocenters. The van der Waals surface area contributed by atoms with E-state index in [1.165, 1.54) is 4.90 Å². The molecule has 2 fully saturated rings. The first-order valence-corrected chi connectivity index (χ1v) is 6.45. The fraction of sp³-hybridized carbons (Fsp3) is 0.917. The third-order valence-corrected chi connectivity index (χ3v) is 3.57. The van der Waals surface area contributed by atoms with Crippen molar-refractivity contribution in [2.24, 2.45) is 5.92 Å². The lowest BCUT2D eigenvalue weighted by atomic mass is 10.0. The minimum atomic E-state index is -2.41. The van der Waals surface area contributed by atoms with Crippen LogP contribution in [0.3, 0.4) is 0 Å². The summed E-state index contributed by atoms with van der Waals surface area (Å²) in [5.41, 5.74) is 0. The third kappa shape index (κ3) is 3.91. The first-order chi connectivity index (χ1) is 8.16. The van der Waals surface area contributed by atoms with E-state index in [0.29, 0.717) is 12.3 Å². The van der Waals surface area contributed by atoms with Crippen molar-refractivity contribution in [3.05, 3.63) is 0 Å². The summed E-state index contributed by atoms with van der Waals surface area (Å²) in [5, 5.41) is 3.25. The summed E-state index contributed by atoms with van der Waals surface area (Å²) in [6.07, 6.45) is 1.74. The predicted octanol–water partition coefficient (Wildman–Crippen LogP) is 1.63. The number of amides is 1. The van der Waals surface area contributed by atoms with E-state index in [1.807, 2.05) is 0 Å². The maximum Gasteiger partial charge on any atom is 0.255 e. The molecule has 5 heteroatoms. The second-order valence-corrected chi connectivity index (χ2v) is 5.07. The maximum absolute atomic E-state index is 12.4. The molecule has 2 aliphatic rings. The molecule has 1 aliphatic carbocycles. The van der Waals surface area contributed by atoms with E-state index < -0.39 is 6.43 Å². The Morgan fingerprint density at radius 2 is 2.12 bits per heavy atom. The van der Waals surface area contributed by atoms with Crippen LogP contribution in [0.25, 0.3) is 0 Å². The van der Waals surface area contributed by atoms with Crippen molar-refractivity contribution in [3.63, 3.8) is 0 Å². The largest absolute Gasteiger partial charge is 0.334 e. The number of rotatable bonds is 6. The van der Waals surface area contributed by atoms with E-state index in [4.69, 9.17) is 0 Å². The summed E-state index contributed by atoms with van der Waals surface area (Å²) in [5.74, 6) is 0.464. The van der Waals surface area contributed by atoms with Crippen LogP contribution in [0.2, 0.25) is 0 Å². The zero-order chi connectivity index (χ0) is 12.3. The van der Waals surface area contributed by atoms with Gasteiger partial charge in [0.2, 0.25) is 5.91 Å². The number of nitrogens with one attached hydrogen (secondary N) is 1. The smallest absolute Gasteiger partial charge is 0.255 e. The lowest BCUT2D eigenvalue weighted by Crippen LogP contribution is -2.37. The van der Waals surface area contributed by atoms with E-state index in [2.05, 4.69) is 5.32 Å². The van der Waals surface area contributed by atoms with Gasteiger partial charge in [0.1, 0.15) is 0 Å². The molecule has 1 heterocycles. The molecule has 1 unspecified atom stereocenters. The Morgan fingerprint density at radius 1 is 1.35 bits per heavy atom. The molecule has 0 radical (unpaired) electrons. The quantitative estimate of drug-likeness (QED) is 0.772. The third-order valence-electron chi connectivity index (χ3n) is 3.57. The van der Waals surface area contributed by atoms with Gasteiger partial charge >= 0.3 is 0 Å². The molecule has 0 aromatic heterocycles.